The van der Waals surface area contributed by atoms with Crippen LogP contribution in [-0.4, -0.2) is 35.6 Å². The molecule has 0 unspecified atom stereocenters. The molecule has 1 aromatic heterocycles. The van der Waals surface area contributed by atoms with E-state index < -0.39 is 0 Å². The molecule has 1 saturated carbocycles. The Bertz CT molecular complexity index is 622. The van der Waals surface area contributed by atoms with Crippen LogP contribution in [0.3, 0.4) is 0 Å². The molecule has 1 aliphatic heterocycles. The van der Waals surface area contributed by atoms with Gasteiger partial charge >= 0.3 is 0 Å². The summed E-state index contributed by atoms with van der Waals surface area (Å²) in [5.41, 5.74) is 2.53. The molecule has 0 radical (unpaired) electrons. The molecule has 2 aliphatic rings. The monoisotopic (exact) mass is 295 g/mol. The first kappa shape index (κ1) is 14.2. The Balaban J connectivity index is 1.35. The summed E-state index contributed by atoms with van der Waals surface area (Å²) in [5.74, 6) is 0.986. The molecule has 2 fully saturated rings. The SMILES string of the molecule is c1cnc2c(CN3CCC(NCC4CC4)CC3)cccc2c1. The van der Waals surface area contributed by atoms with Gasteiger partial charge in [-0.2, -0.15) is 0 Å². The fourth-order valence-corrected chi connectivity index (χ4v) is 3.49. The van der Waals surface area contributed by atoms with E-state index >= 15 is 0 Å². The van der Waals surface area contributed by atoms with Crippen LogP contribution in [0.25, 0.3) is 10.9 Å². The first-order chi connectivity index (χ1) is 10.9. The molecule has 1 saturated heterocycles. The predicted octanol–water partition coefficient (Wildman–Crippen LogP) is 3.20. The maximum Gasteiger partial charge on any atom is 0.0746 e. The molecule has 1 aromatic carbocycles. The summed E-state index contributed by atoms with van der Waals surface area (Å²) >= 11 is 0. The van der Waals surface area contributed by atoms with Gasteiger partial charge in [-0.1, -0.05) is 24.3 Å². The van der Waals surface area contributed by atoms with Crippen LogP contribution in [0.2, 0.25) is 0 Å². The van der Waals surface area contributed by atoms with Crippen molar-refractivity contribution in [2.24, 2.45) is 5.92 Å². The second kappa shape index (κ2) is 6.35. The summed E-state index contributed by atoms with van der Waals surface area (Å²) in [6, 6.07) is 11.4. The van der Waals surface area contributed by atoms with E-state index in [-0.39, 0.29) is 0 Å². The first-order valence-corrected chi connectivity index (χ1v) is 8.67. The molecule has 3 heteroatoms. The smallest absolute Gasteiger partial charge is 0.0746 e. The van der Waals surface area contributed by atoms with E-state index in [4.69, 9.17) is 0 Å². The average Bonchev–Trinajstić information content (AvgIpc) is 3.39. The Hall–Kier alpha value is -1.45. The Morgan fingerprint density at radius 3 is 2.68 bits per heavy atom. The number of piperidine rings is 1. The van der Waals surface area contributed by atoms with Crippen molar-refractivity contribution in [3.05, 3.63) is 42.1 Å². The molecule has 2 aromatic rings. The Morgan fingerprint density at radius 1 is 1.05 bits per heavy atom. The van der Waals surface area contributed by atoms with Crippen LogP contribution < -0.4 is 5.32 Å². The van der Waals surface area contributed by atoms with Crippen molar-refractivity contribution in [1.82, 2.24) is 15.2 Å². The molecule has 4 rings (SSSR count). The summed E-state index contributed by atoms with van der Waals surface area (Å²) < 4.78 is 0. The van der Waals surface area contributed by atoms with Crippen LogP contribution >= 0.6 is 0 Å². The fraction of sp³-hybridized carbons (Fsp3) is 0.526. The Morgan fingerprint density at radius 2 is 1.86 bits per heavy atom. The van der Waals surface area contributed by atoms with Gasteiger partial charge in [-0.25, -0.2) is 0 Å². The minimum atomic E-state index is 0.738. The number of rotatable bonds is 5. The van der Waals surface area contributed by atoms with Crippen LogP contribution in [-0.2, 0) is 6.54 Å². The maximum atomic E-state index is 4.58. The van der Waals surface area contributed by atoms with Gasteiger partial charge in [0.25, 0.3) is 0 Å². The highest BCUT2D eigenvalue weighted by molar-refractivity contribution is 5.81. The quantitative estimate of drug-likeness (QED) is 0.918. The highest BCUT2D eigenvalue weighted by Crippen LogP contribution is 2.28. The number of nitrogens with one attached hydrogen (secondary N) is 1. The van der Waals surface area contributed by atoms with Gasteiger partial charge in [-0.3, -0.25) is 9.88 Å². The highest BCUT2D eigenvalue weighted by Gasteiger charge is 2.24. The minimum absolute atomic E-state index is 0.738. The molecular formula is C19H25N3. The summed E-state index contributed by atoms with van der Waals surface area (Å²) in [6.45, 7) is 4.68. The zero-order valence-electron chi connectivity index (χ0n) is 13.2. The lowest BCUT2D eigenvalue weighted by Crippen LogP contribution is -2.42. The van der Waals surface area contributed by atoms with Gasteiger partial charge in [-0.15, -0.1) is 0 Å². The number of pyridine rings is 1. The van der Waals surface area contributed by atoms with Crippen LogP contribution in [0.1, 0.15) is 31.2 Å². The number of hydrogen-bond donors (Lipinski definition) is 1. The zero-order chi connectivity index (χ0) is 14.8. The zero-order valence-corrected chi connectivity index (χ0v) is 13.2. The van der Waals surface area contributed by atoms with Gasteiger partial charge in [0.05, 0.1) is 5.52 Å². The van der Waals surface area contributed by atoms with Gasteiger partial charge in [0.15, 0.2) is 0 Å². The van der Waals surface area contributed by atoms with E-state index in [2.05, 4.69) is 39.5 Å². The topological polar surface area (TPSA) is 28.2 Å². The lowest BCUT2D eigenvalue weighted by molar-refractivity contribution is 0.190. The Labute approximate surface area is 132 Å². The third-order valence-electron chi connectivity index (χ3n) is 5.09. The molecule has 3 nitrogen and oxygen atoms in total. The van der Waals surface area contributed by atoms with Gasteiger partial charge in [-0.05, 0) is 62.9 Å². The number of para-hydroxylation sites is 1. The van der Waals surface area contributed by atoms with E-state index in [1.54, 1.807) is 0 Å². The highest BCUT2D eigenvalue weighted by atomic mass is 15.1. The Kier molecular flexibility index (Phi) is 4.09. The first-order valence-electron chi connectivity index (χ1n) is 8.67. The van der Waals surface area contributed by atoms with Crippen molar-refractivity contribution in [3.63, 3.8) is 0 Å². The van der Waals surface area contributed by atoms with E-state index in [0.717, 1.165) is 18.5 Å². The molecule has 0 amide bonds. The summed E-state index contributed by atoms with van der Waals surface area (Å²) in [5, 5.41) is 5.01. The molecule has 22 heavy (non-hydrogen) atoms. The largest absolute Gasteiger partial charge is 0.314 e. The predicted molar refractivity (Wildman–Crippen MR) is 90.8 cm³/mol. The van der Waals surface area contributed by atoms with Gasteiger partial charge < -0.3 is 5.32 Å². The number of benzene rings is 1. The van der Waals surface area contributed by atoms with Crippen LogP contribution in [0.4, 0.5) is 0 Å². The van der Waals surface area contributed by atoms with E-state index in [1.807, 2.05) is 12.3 Å². The number of fused-ring (bicyclic) bond motifs is 1. The van der Waals surface area contributed by atoms with Gasteiger partial charge in [0.1, 0.15) is 0 Å². The van der Waals surface area contributed by atoms with Crippen molar-refractivity contribution >= 4 is 10.9 Å². The summed E-state index contributed by atoms with van der Waals surface area (Å²) in [4.78, 5) is 7.16. The normalized spacial score (nSPS) is 20.5. The molecule has 0 atom stereocenters. The molecule has 2 heterocycles. The maximum absolute atomic E-state index is 4.58. The number of likely N-dealkylation sites (tertiary alicyclic amines) is 1. The lowest BCUT2D eigenvalue weighted by Gasteiger charge is -2.32. The fourth-order valence-electron chi connectivity index (χ4n) is 3.49. The van der Waals surface area contributed by atoms with Gasteiger partial charge in [0, 0.05) is 24.2 Å². The van der Waals surface area contributed by atoms with Crippen LogP contribution in [0.5, 0.6) is 0 Å². The van der Waals surface area contributed by atoms with Crippen molar-refractivity contribution < 1.29 is 0 Å². The molecule has 0 bridgehead atoms. The number of aromatic nitrogens is 1. The summed E-state index contributed by atoms with van der Waals surface area (Å²) in [7, 11) is 0. The molecule has 116 valence electrons. The lowest BCUT2D eigenvalue weighted by atomic mass is 10.0. The number of hydrogen-bond acceptors (Lipinski definition) is 3. The van der Waals surface area contributed by atoms with Crippen molar-refractivity contribution in [2.75, 3.05) is 19.6 Å². The van der Waals surface area contributed by atoms with E-state index in [1.165, 1.54) is 61.8 Å². The van der Waals surface area contributed by atoms with Gasteiger partial charge in [0.2, 0.25) is 0 Å². The van der Waals surface area contributed by atoms with E-state index in [9.17, 15) is 0 Å². The third-order valence-corrected chi connectivity index (χ3v) is 5.09. The third kappa shape index (κ3) is 3.31. The standard InChI is InChI=1S/C19H25N3/c1-3-16-5-2-10-20-19(16)17(4-1)14-22-11-8-18(9-12-22)21-13-15-6-7-15/h1-5,10,15,18,21H,6-9,11-14H2. The van der Waals surface area contributed by atoms with Crippen LogP contribution in [0.15, 0.2) is 36.5 Å². The number of nitrogens with zero attached hydrogens (tertiary/aromatic N) is 2. The van der Waals surface area contributed by atoms with Crippen LogP contribution in [0, 0.1) is 5.92 Å². The molecule has 1 aliphatic carbocycles. The second-order valence-corrected chi connectivity index (χ2v) is 6.89. The minimum Gasteiger partial charge on any atom is -0.314 e. The average molecular weight is 295 g/mol. The van der Waals surface area contributed by atoms with E-state index in [0.29, 0.717) is 0 Å². The van der Waals surface area contributed by atoms with Crippen molar-refractivity contribution in [1.29, 1.82) is 0 Å². The summed E-state index contributed by atoms with van der Waals surface area (Å²) in [6.07, 6.45) is 7.36. The second-order valence-electron chi connectivity index (χ2n) is 6.89. The molecular weight excluding hydrogens is 270 g/mol. The molecule has 1 N–H and O–H groups in total. The van der Waals surface area contributed by atoms with Crippen molar-refractivity contribution in [3.8, 4) is 0 Å². The molecule has 0 spiro atoms. The van der Waals surface area contributed by atoms with Crippen molar-refractivity contribution in [2.45, 2.75) is 38.3 Å².